The molecule has 2 saturated carbocycles. The van der Waals surface area contributed by atoms with Gasteiger partial charge in [-0.3, -0.25) is 9.48 Å². The van der Waals surface area contributed by atoms with Crippen molar-refractivity contribution in [2.75, 3.05) is 0 Å². The maximum Gasteiger partial charge on any atom is 0.224 e. The quantitative estimate of drug-likeness (QED) is 0.818. The number of rotatable bonds is 6. The molecule has 1 aromatic heterocycles. The lowest BCUT2D eigenvalue weighted by atomic mass is 10.0. The fourth-order valence-electron chi connectivity index (χ4n) is 3.94. The monoisotopic (exact) mass is 373 g/mol. The number of benzene rings is 1. The van der Waals surface area contributed by atoms with E-state index in [1.54, 1.807) is 17.1 Å². The molecule has 1 amide bonds. The van der Waals surface area contributed by atoms with E-state index in [1.807, 2.05) is 12.1 Å². The number of hydrogen-bond donors (Lipinski definition) is 2. The molecule has 6 heteroatoms. The summed E-state index contributed by atoms with van der Waals surface area (Å²) >= 11 is 5.89. The van der Waals surface area contributed by atoms with E-state index < -0.39 is 6.10 Å². The average Bonchev–Trinajstić information content (AvgIpc) is 3.29. The van der Waals surface area contributed by atoms with Crippen molar-refractivity contribution in [3.63, 3.8) is 0 Å². The number of amides is 1. The van der Waals surface area contributed by atoms with Crippen molar-refractivity contribution < 1.29 is 9.90 Å². The number of aliphatic hydroxyl groups excluding tert-OH is 1. The first-order valence-corrected chi connectivity index (χ1v) is 9.69. The minimum Gasteiger partial charge on any atom is -0.391 e. The maximum absolute atomic E-state index is 12.4. The van der Waals surface area contributed by atoms with Crippen LogP contribution in [0.5, 0.6) is 0 Å². The molecule has 2 N–H and O–H groups in total. The molecule has 0 spiro atoms. The number of carbonyl (C=O) groups excluding carboxylic acids is 1. The molecule has 0 bridgehead atoms. The summed E-state index contributed by atoms with van der Waals surface area (Å²) in [4.78, 5) is 12.4. The van der Waals surface area contributed by atoms with Crippen LogP contribution in [0, 0.1) is 5.92 Å². The molecule has 138 valence electrons. The number of nitrogens with one attached hydrogen (secondary N) is 1. The van der Waals surface area contributed by atoms with Gasteiger partial charge in [-0.1, -0.05) is 35.9 Å². The van der Waals surface area contributed by atoms with E-state index in [1.165, 1.54) is 18.4 Å². The Balaban J connectivity index is 1.30. The second kappa shape index (κ2) is 7.41. The number of halogens is 1. The summed E-state index contributed by atoms with van der Waals surface area (Å²) in [6, 6.07) is 8.13. The molecule has 26 heavy (non-hydrogen) atoms. The summed E-state index contributed by atoms with van der Waals surface area (Å²) in [6.45, 7) is 0.708. The van der Waals surface area contributed by atoms with Gasteiger partial charge in [-0.2, -0.15) is 5.10 Å². The zero-order valence-corrected chi connectivity index (χ0v) is 15.4. The van der Waals surface area contributed by atoms with E-state index in [-0.39, 0.29) is 17.9 Å². The second-order valence-corrected chi connectivity index (χ2v) is 8.09. The van der Waals surface area contributed by atoms with Crippen LogP contribution in [0.1, 0.15) is 42.7 Å². The van der Waals surface area contributed by atoms with E-state index in [0.29, 0.717) is 30.3 Å². The minimum atomic E-state index is -0.507. The van der Waals surface area contributed by atoms with Crippen molar-refractivity contribution in [1.29, 1.82) is 0 Å². The number of nitrogens with zero attached hydrogens (tertiary/aromatic N) is 2. The van der Waals surface area contributed by atoms with Gasteiger partial charge in [0.2, 0.25) is 5.91 Å². The highest BCUT2D eigenvalue weighted by Gasteiger charge is 2.34. The van der Waals surface area contributed by atoms with Gasteiger partial charge in [0.25, 0.3) is 0 Å². The van der Waals surface area contributed by atoms with Crippen LogP contribution < -0.4 is 5.32 Å². The van der Waals surface area contributed by atoms with Crippen LogP contribution in [0.2, 0.25) is 5.02 Å². The third-order valence-electron chi connectivity index (χ3n) is 5.38. The van der Waals surface area contributed by atoms with Crippen molar-refractivity contribution in [3.05, 3.63) is 52.8 Å². The molecular weight excluding hydrogens is 350 g/mol. The van der Waals surface area contributed by atoms with Gasteiger partial charge in [-0.05, 0) is 48.6 Å². The Hall–Kier alpha value is -1.85. The predicted octanol–water partition coefficient (Wildman–Crippen LogP) is 2.91. The minimum absolute atomic E-state index is 0.0234. The molecule has 0 saturated heterocycles. The lowest BCUT2D eigenvalue weighted by Gasteiger charge is -2.16. The van der Waals surface area contributed by atoms with Gasteiger partial charge < -0.3 is 10.4 Å². The summed E-state index contributed by atoms with van der Waals surface area (Å²) in [5, 5.41) is 18.1. The number of aromatic nitrogens is 2. The Kier molecular flexibility index (Phi) is 5.00. The highest BCUT2D eigenvalue weighted by Crippen LogP contribution is 2.40. The SMILES string of the molecule is O=C(Cc1cccc(C2CC2)c1)N[C@@H]1CC(Cn2cc(Cl)cn2)C[C@H]1O. The van der Waals surface area contributed by atoms with Crippen molar-refractivity contribution in [2.24, 2.45) is 5.92 Å². The molecule has 1 heterocycles. The molecule has 2 fully saturated rings. The average molecular weight is 374 g/mol. The van der Waals surface area contributed by atoms with Gasteiger partial charge in [0.15, 0.2) is 0 Å². The van der Waals surface area contributed by atoms with Gasteiger partial charge >= 0.3 is 0 Å². The predicted molar refractivity (Wildman–Crippen MR) is 100 cm³/mol. The molecular formula is C20H24ClN3O2. The molecule has 2 aromatic rings. The zero-order chi connectivity index (χ0) is 18.1. The first kappa shape index (κ1) is 17.6. The largest absolute Gasteiger partial charge is 0.391 e. The summed E-state index contributed by atoms with van der Waals surface area (Å²) in [5.41, 5.74) is 2.39. The molecule has 2 aliphatic carbocycles. The maximum atomic E-state index is 12.4. The summed E-state index contributed by atoms with van der Waals surface area (Å²) in [6.07, 6.45) is 7.19. The molecule has 1 aromatic carbocycles. The highest BCUT2D eigenvalue weighted by atomic mass is 35.5. The van der Waals surface area contributed by atoms with Crippen LogP contribution in [0.4, 0.5) is 0 Å². The molecule has 0 radical (unpaired) electrons. The van der Waals surface area contributed by atoms with Crippen molar-refractivity contribution >= 4 is 17.5 Å². The van der Waals surface area contributed by atoms with Crippen molar-refractivity contribution in [3.8, 4) is 0 Å². The number of carbonyl (C=O) groups is 1. The lowest BCUT2D eigenvalue weighted by Crippen LogP contribution is -2.40. The molecule has 0 aliphatic heterocycles. The third-order valence-corrected chi connectivity index (χ3v) is 5.58. The molecule has 3 atom stereocenters. The zero-order valence-electron chi connectivity index (χ0n) is 14.6. The second-order valence-electron chi connectivity index (χ2n) is 7.66. The number of aliphatic hydroxyl groups is 1. The Morgan fingerprint density at radius 1 is 1.35 bits per heavy atom. The normalized spacial score (nSPS) is 25.4. The molecule has 4 rings (SSSR count). The van der Waals surface area contributed by atoms with Crippen molar-refractivity contribution in [2.45, 2.75) is 56.7 Å². The first-order chi connectivity index (χ1) is 12.6. The van der Waals surface area contributed by atoms with E-state index in [2.05, 4.69) is 22.5 Å². The molecule has 5 nitrogen and oxygen atoms in total. The Morgan fingerprint density at radius 2 is 2.19 bits per heavy atom. The van der Waals surface area contributed by atoms with Gasteiger partial charge in [0.1, 0.15) is 0 Å². The fraction of sp³-hybridized carbons (Fsp3) is 0.500. The summed E-state index contributed by atoms with van der Waals surface area (Å²) < 4.78 is 1.80. The van der Waals surface area contributed by atoms with Gasteiger partial charge in [-0.15, -0.1) is 0 Å². The van der Waals surface area contributed by atoms with E-state index in [4.69, 9.17) is 11.6 Å². The van der Waals surface area contributed by atoms with E-state index in [9.17, 15) is 9.90 Å². The Morgan fingerprint density at radius 3 is 2.92 bits per heavy atom. The van der Waals surface area contributed by atoms with E-state index in [0.717, 1.165) is 12.0 Å². The Labute approximate surface area is 158 Å². The van der Waals surface area contributed by atoms with Crippen molar-refractivity contribution in [1.82, 2.24) is 15.1 Å². The van der Waals surface area contributed by atoms with Crippen LogP contribution in [0.25, 0.3) is 0 Å². The smallest absolute Gasteiger partial charge is 0.224 e. The van der Waals surface area contributed by atoms with Gasteiger partial charge in [-0.25, -0.2) is 0 Å². The van der Waals surface area contributed by atoms with Gasteiger partial charge in [0, 0.05) is 12.7 Å². The van der Waals surface area contributed by atoms with Crippen LogP contribution in [-0.2, 0) is 17.8 Å². The van der Waals surface area contributed by atoms with Crippen LogP contribution in [0.15, 0.2) is 36.7 Å². The fourth-order valence-corrected chi connectivity index (χ4v) is 4.10. The highest BCUT2D eigenvalue weighted by molar-refractivity contribution is 6.30. The summed E-state index contributed by atoms with van der Waals surface area (Å²) in [5.74, 6) is 0.945. The lowest BCUT2D eigenvalue weighted by molar-refractivity contribution is -0.121. The van der Waals surface area contributed by atoms with E-state index >= 15 is 0 Å². The van der Waals surface area contributed by atoms with Crippen LogP contribution in [0.3, 0.4) is 0 Å². The van der Waals surface area contributed by atoms with Crippen LogP contribution in [-0.4, -0.2) is 32.9 Å². The molecule has 1 unspecified atom stereocenters. The van der Waals surface area contributed by atoms with Crippen LogP contribution >= 0.6 is 11.6 Å². The van der Waals surface area contributed by atoms with Gasteiger partial charge in [0.05, 0.1) is 29.8 Å². The summed E-state index contributed by atoms with van der Waals surface area (Å²) in [7, 11) is 0. The first-order valence-electron chi connectivity index (χ1n) is 9.31. The topological polar surface area (TPSA) is 67.2 Å². The number of hydrogen-bond acceptors (Lipinski definition) is 3. The molecule has 2 aliphatic rings. The third kappa shape index (κ3) is 4.27. The Bertz CT molecular complexity index is 787. The standard InChI is InChI=1S/C20H24ClN3O2/c21-17-10-22-24(12-17)11-14-7-18(19(25)8-14)23-20(26)9-13-2-1-3-16(6-13)15-4-5-15/h1-3,6,10,12,14-15,18-19,25H,4-5,7-9,11H2,(H,23,26)/t14?,18-,19-/m1/s1.